The maximum atomic E-state index is 14.8. The lowest BCUT2D eigenvalue weighted by atomic mass is 10.2. The minimum atomic E-state index is -0.771. The predicted octanol–water partition coefficient (Wildman–Crippen LogP) is 2.15. The summed E-state index contributed by atoms with van der Waals surface area (Å²) in [5.41, 5.74) is 0.806. The first kappa shape index (κ1) is 19.8. The molecule has 0 bridgehead atoms. The summed E-state index contributed by atoms with van der Waals surface area (Å²) in [5.74, 6) is -0.0370. The Bertz CT molecular complexity index is 841. The molecule has 0 radical (unpaired) electrons. The molecule has 1 aromatic rings. The molecule has 0 aromatic heterocycles. The zero-order valence-electron chi connectivity index (χ0n) is 16.1. The van der Waals surface area contributed by atoms with Gasteiger partial charge in [0.1, 0.15) is 5.82 Å². The van der Waals surface area contributed by atoms with Crippen molar-refractivity contribution < 1.29 is 23.5 Å². The van der Waals surface area contributed by atoms with Gasteiger partial charge in [0.2, 0.25) is 5.91 Å². The highest BCUT2D eigenvalue weighted by molar-refractivity contribution is 7.96. The first-order valence-corrected chi connectivity index (χ1v) is 10.1. The Morgan fingerprint density at radius 1 is 1.21 bits per heavy atom. The van der Waals surface area contributed by atoms with Gasteiger partial charge in [0, 0.05) is 39.1 Å². The summed E-state index contributed by atoms with van der Waals surface area (Å²) in [6.07, 6.45) is 0.544. The fraction of sp³-hybridized carbons (Fsp3) is 0.526. The summed E-state index contributed by atoms with van der Waals surface area (Å²) in [7, 11) is 1.48. The summed E-state index contributed by atoms with van der Waals surface area (Å²) in [5, 5.41) is -0.523. The second-order valence-electron chi connectivity index (χ2n) is 7.56. The lowest BCUT2D eigenvalue weighted by Gasteiger charge is -2.36. The van der Waals surface area contributed by atoms with E-state index in [1.807, 2.05) is 9.80 Å². The van der Waals surface area contributed by atoms with Crippen LogP contribution in [0.25, 0.3) is 0 Å². The van der Waals surface area contributed by atoms with Crippen LogP contribution in [0.5, 0.6) is 0 Å². The number of likely N-dealkylation sites (N-methyl/N-ethyl adjacent to an activating group) is 1. The van der Waals surface area contributed by atoms with Crippen LogP contribution in [-0.4, -0.2) is 73.0 Å². The quantitative estimate of drug-likeness (QED) is 0.753. The number of carbonyl (C=O) groups is 3. The monoisotopic (exact) mass is 422 g/mol. The first-order valence-electron chi connectivity index (χ1n) is 9.62. The summed E-state index contributed by atoms with van der Waals surface area (Å²) in [6, 6.07) is 4.59. The number of nitrogens with zero attached hydrogens (tertiary/aromatic N) is 4. The summed E-state index contributed by atoms with van der Waals surface area (Å²) in [6.45, 7) is 2.40. The van der Waals surface area contributed by atoms with E-state index in [4.69, 9.17) is 4.74 Å². The lowest BCUT2D eigenvalue weighted by molar-refractivity contribution is -0.132. The number of cyclic esters (lactones) is 1. The molecule has 2 aliphatic heterocycles. The van der Waals surface area contributed by atoms with Crippen LogP contribution in [0, 0.1) is 11.7 Å². The van der Waals surface area contributed by atoms with Gasteiger partial charge in [-0.25, -0.2) is 9.18 Å². The van der Waals surface area contributed by atoms with Crippen LogP contribution in [0.15, 0.2) is 18.2 Å². The third-order valence-corrected chi connectivity index (χ3v) is 5.95. The van der Waals surface area contributed by atoms with Crippen molar-refractivity contribution >= 4 is 41.2 Å². The number of hydrogen-bond donors (Lipinski definition) is 1. The SMILES string of the molecule is CN(C(=O)S)C1CN(c2ccc(N3CCN(C(=O)C4CC4)CC3)c(F)c2)C(=O)O1. The van der Waals surface area contributed by atoms with E-state index in [0.29, 0.717) is 37.6 Å². The third-order valence-electron chi connectivity index (χ3n) is 5.63. The predicted molar refractivity (Wildman–Crippen MR) is 108 cm³/mol. The van der Waals surface area contributed by atoms with Gasteiger partial charge in [-0.05, 0) is 31.0 Å². The van der Waals surface area contributed by atoms with Gasteiger partial charge in [-0.1, -0.05) is 12.6 Å². The Balaban J connectivity index is 1.41. The van der Waals surface area contributed by atoms with Gasteiger partial charge in [-0.2, -0.15) is 0 Å². The molecule has 1 saturated carbocycles. The Kier molecular flexibility index (Phi) is 5.28. The van der Waals surface area contributed by atoms with Crippen molar-refractivity contribution in [1.29, 1.82) is 0 Å². The molecule has 0 N–H and O–H groups in total. The number of hydrogen-bond acceptors (Lipinski definition) is 5. The number of benzene rings is 1. The molecule has 4 rings (SSSR count). The molecular formula is C19H23FN4O4S. The highest BCUT2D eigenvalue weighted by Gasteiger charge is 2.37. The van der Waals surface area contributed by atoms with Gasteiger partial charge < -0.3 is 14.5 Å². The average Bonchev–Trinajstić information content (AvgIpc) is 3.49. The van der Waals surface area contributed by atoms with Crippen molar-refractivity contribution in [3.63, 3.8) is 0 Å². The third kappa shape index (κ3) is 3.98. The van der Waals surface area contributed by atoms with Crippen LogP contribution in [0.3, 0.4) is 0 Å². The zero-order valence-corrected chi connectivity index (χ0v) is 17.0. The lowest BCUT2D eigenvalue weighted by Crippen LogP contribution is -2.49. The standard InChI is InChI=1S/C19H23FN4O4S/c1-21(19(27)29)16-11-24(18(26)28-16)13-4-5-15(14(20)10-13)22-6-8-23(9-7-22)17(25)12-2-3-12/h4-5,10,12,16H,2-3,6-9,11H2,1H3,(H,27,29). The van der Waals surface area contributed by atoms with E-state index < -0.39 is 23.4 Å². The largest absolute Gasteiger partial charge is 0.423 e. The Labute approximate surface area is 173 Å². The molecule has 156 valence electrons. The van der Waals surface area contributed by atoms with Gasteiger partial charge in [0.05, 0.1) is 17.9 Å². The minimum Gasteiger partial charge on any atom is -0.423 e. The van der Waals surface area contributed by atoms with Crippen LogP contribution >= 0.6 is 12.6 Å². The molecule has 1 aliphatic carbocycles. The van der Waals surface area contributed by atoms with Crippen molar-refractivity contribution in [1.82, 2.24) is 9.80 Å². The Morgan fingerprint density at radius 3 is 2.48 bits per heavy atom. The van der Waals surface area contributed by atoms with E-state index in [1.165, 1.54) is 22.9 Å². The van der Waals surface area contributed by atoms with Gasteiger partial charge >= 0.3 is 6.09 Å². The molecule has 3 amide bonds. The summed E-state index contributed by atoms with van der Waals surface area (Å²) < 4.78 is 20.0. The molecular weight excluding hydrogens is 399 g/mol. The van der Waals surface area contributed by atoms with Gasteiger partial charge in [-0.3, -0.25) is 19.4 Å². The Morgan fingerprint density at radius 2 is 1.90 bits per heavy atom. The normalized spacial score (nSPS) is 22.0. The van der Waals surface area contributed by atoms with Crippen molar-refractivity contribution in [2.75, 3.05) is 49.6 Å². The maximum absolute atomic E-state index is 14.8. The molecule has 1 unspecified atom stereocenters. The number of rotatable bonds is 4. The van der Waals surface area contributed by atoms with Crippen molar-refractivity contribution in [2.45, 2.75) is 19.1 Å². The number of halogens is 1. The molecule has 0 spiro atoms. The van der Waals surface area contributed by atoms with Crippen molar-refractivity contribution in [3.05, 3.63) is 24.0 Å². The molecule has 8 nitrogen and oxygen atoms in total. The van der Waals surface area contributed by atoms with E-state index in [1.54, 1.807) is 12.1 Å². The van der Waals surface area contributed by atoms with Gasteiger partial charge in [0.15, 0.2) is 6.23 Å². The fourth-order valence-corrected chi connectivity index (χ4v) is 3.79. The van der Waals surface area contributed by atoms with Gasteiger partial charge in [0.25, 0.3) is 5.24 Å². The number of ether oxygens (including phenoxy) is 1. The zero-order chi connectivity index (χ0) is 20.7. The molecule has 3 aliphatic rings. The number of anilines is 2. The number of carbonyl (C=O) groups excluding carboxylic acids is 3. The van der Waals surface area contributed by atoms with Crippen molar-refractivity contribution in [2.24, 2.45) is 5.92 Å². The van der Waals surface area contributed by atoms with Crippen molar-refractivity contribution in [3.8, 4) is 0 Å². The van der Waals surface area contributed by atoms with Crippen LogP contribution in [0.4, 0.5) is 25.4 Å². The molecule has 1 atom stereocenters. The van der Waals surface area contributed by atoms with Crippen LogP contribution in [-0.2, 0) is 9.53 Å². The molecule has 1 aromatic carbocycles. The fourth-order valence-electron chi connectivity index (χ4n) is 3.66. The highest BCUT2D eigenvalue weighted by Crippen LogP contribution is 2.32. The minimum absolute atomic E-state index is 0.0996. The Hall–Kier alpha value is -2.49. The van der Waals surface area contributed by atoms with Crippen LogP contribution < -0.4 is 9.80 Å². The molecule has 2 heterocycles. The molecule has 3 fully saturated rings. The second-order valence-corrected chi connectivity index (χ2v) is 7.95. The second kappa shape index (κ2) is 7.74. The summed E-state index contributed by atoms with van der Waals surface area (Å²) in [4.78, 5) is 41.9. The van der Waals surface area contributed by atoms with E-state index in [0.717, 1.165) is 12.8 Å². The molecule has 10 heteroatoms. The van der Waals surface area contributed by atoms with E-state index in [-0.39, 0.29) is 18.4 Å². The first-order chi connectivity index (χ1) is 13.8. The topological polar surface area (TPSA) is 73.4 Å². The number of amides is 3. The van der Waals surface area contributed by atoms with E-state index >= 15 is 0 Å². The van der Waals surface area contributed by atoms with E-state index in [2.05, 4.69) is 12.6 Å². The number of piperazine rings is 1. The average molecular weight is 422 g/mol. The molecule has 29 heavy (non-hydrogen) atoms. The number of thiol groups is 1. The van der Waals surface area contributed by atoms with Crippen LogP contribution in [0.1, 0.15) is 12.8 Å². The van der Waals surface area contributed by atoms with Gasteiger partial charge in [-0.15, -0.1) is 0 Å². The highest BCUT2D eigenvalue weighted by atomic mass is 32.1. The smallest absolute Gasteiger partial charge is 0.416 e. The van der Waals surface area contributed by atoms with E-state index in [9.17, 15) is 18.8 Å². The summed E-state index contributed by atoms with van der Waals surface area (Å²) >= 11 is 3.72. The maximum Gasteiger partial charge on any atom is 0.416 e. The van der Waals surface area contributed by atoms with Crippen LogP contribution in [0.2, 0.25) is 0 Å². The molecule has 2 saturated heterocycles.